The molecule has 0 unspecified atom stereocenters. The molecule has 19 heavy (non-hydrogen) atoms. The lowest BCUT2D eigenvalue weighted by Gasteiger charge is -2.06. The molecule has 0 radical (unpaired) electrons. The molecule has 2 rings (SSSR count). The molecule has 1 aromatic carbocycles. The first-order valence-corrected chi connectivity index (χ1v) is 6.80. The zero-order valence-corrected chi connectivity index (χ0v) is 11.9. The first-order valence-electron chi connectivity index (χ1n) is 6.03. The number of nitrogens with zero attached hydrogens (tertiary/aromatic N) is 2. The predicted octanol–water partition coefficient (Wildman–Crippen LogP) is 2.35. The van der Waals surface area contributed by atoms with Gasteiger partial charge < -0.3 is 14.8 Å². The Morgan fingerprint density at radius 2 is 2.05 bits per heavy atom. The lowest BCUT2D eigenvalue weighted by molar-refractivity contribution is 0.202. The minimum atomic E-state index is 0.421. The Kier molecular flexibility index (Phi) is 5.11. The molecule has 1 N–H and O–H groups in total. The number of benzene rings is 1. The third-order valence-corrected chi connectivity index (χ3v) is 3.46. The third-order valence-electron chi connectivity index (χ3n) is 2.68. The van der Waals surface area contributed by atoms with E-state index in [2.05, 4.69) is 14.9 Å². The van der Waals surface area contributed by atoms with Gasteiger partial charge in [-0.25, -0.2) is 0 Å². The van der Waals surface area contributed by atoms with Crippen LogP contribution in [0.15, 0.2) is 24.3 Å². The lowest BCUT2D eigenvalue weighted by Crippen LogP contribution is -2.00. The molecular formula is C13H17N3O2S. The van der Waals surface area contributed by atoms with Gasteiger partial charge in [-0.05, 0) is 24.1 Å². The first-order chi connectivity index (χ1) is 9.33. The van der Waals surface area contributed by atoms with Gasteiger partial charge in [0.25, 0.3) is 0 Å². The van der Waals surface area contributed by atoms with Crippen molar-refractivity contribution in [1.29, 1.82) is 0 Å². The van der Waals surface area contributed by atoms with Crippen LogP contribution in [0.4, 0.5) is 5.00 Å². The SMILES string of the molecule is CNc1snnc1COc1ccc(CCOC)cc1. The van der Waals surface area contributed by atoms with Crippen molar-refractivity contribution >= 4 is 16.5 Å². The molecule has 0 fully saturated rings. The van der Waals surface area contributed by atoms with Gasteiger partial charge >= 0.3 is 0 Å². The van der Waals surface area contributed by atoms with Gasteiger partial charge in [0.2, 0.25) is 0 Å². The van der Waals surface area contributed by atoms with E-state index in [0.29, 0.717) is 6.61 Å². The molecule has 102 valence electrons. The summed E-state index contributed by atoms with van der Waals surface area (Å²) >= 11 is 1.33. The van der Waals surface area contributed by atoms with Gasteiger partial charge in [-0.3, -0.25) is 0 Å². The monoisotopic (exact) mass is 279 g/mol. The van der Waals surface area contributed by atoms with Crippen molar-refractivity contribution in [2.45, 2.75) is 13.0 Å². The number of rotatable bonds is 7. The second kappa shape index (κ2) is 7.06. The number of ether oxygens (including phenoxy) is 2. The fourth-order valence-corrected chi connectivity index (χ4v) is 2.13. The van der Waals surface area contributed by atoms with E-state index in [4.69, 9.17) is 9.47 Å². The van der Waals surface area contributed by atoms with E-state index in [1.54, 1.807) is 7.11 Å². The van der Waals surface area contributed by atoms with Gasteiger partial charge in [-0.15, -0.1) is 5.10 Å². The van der Waals surface area contributed by atoms with Gasteiger partial charge in [0.15, 0.2) is 0 Å². The van der Waals surface area contributed by atoms with E-state index >= 15 is 0 Å². The molecular weight excluding hydrogens is 262 g/mol. The summed E-state index contributed by atoms with van der Waals surface area (Å²) in [6.45, 7) is 1.15. The van der Waals surface area contributed by atoms with Crippen molar-refractivity contribution in [3.05, 3.63) is 35.5 Å². The van der Waals surface area contributed by atoms with Crippen LogP contribution in [0.5, 0.6) is 5.75 Å². The maximum absolute atomic E-state index is 5.69. The second-order valence-corrected chi connectivity index (χ2v) is 4.73. The Balaban J connectivity index is 1.89. The third kappa shape index (κ3) is 3.90. The highest BCUT2D eigenvalue weighted by Crippen LogP contribution is 2.19. The second-order valence-electron chi connectivity index (χ2n) is 3.97. The molecule has 0 bridgehead atoms. The normalized spacial score (nSPS) is 10.4. The number of hydrogen-bond donors (Lipinski definition) is 1. The van der Waals surface area contributed by atoms with Gasteiger partial charge in [0.05, 0.1) is 6.61 Å². The summed E-state index contributed by atoms with van der Waals surface area (Å²) in [6, 6.07) is 8.02. The zero-order valence-electron chi connectivity index (χ0n) is 11.0. The minimum absolute atomic E-state index is 0.421. The summed E-state index contributed by atoms with van der Waals surface area (Å²) in [5, 5.41) is 8.01. The quantitative estimate of drug-likeness (QED) is 0.843. The molecule has 6 heteroatoms. The number of methoxy groups -OCH3 is 1. The molecule has 0 aliphatic rings. The molecule has 0 amide bonds. The van der Waals surface area contributed by atoms with Crippen molar-refractivity contribution in [3.63, 3.8) is 0 Å². The van der Waals surface area contributed by atoms with Crippen molar-refractivity contribution in [2.24, 2.45) is 0 Å². The molecule has 0 aliphatic heterocycles. The molecule has 1 aromatic heterocycles. The van der Waals surface area contributed by atoms with Gasteiger partial charge in [0, 0.05) is 25.7 Å². The van der Waals surface area contributed by atoms with E-state index in [1.165, 1.54) is 17.1 Å². The first kappa shape index (κ1) is 13.8. The number of nitrogens with one attached hydrogen (secondary N) is 1. The summed E-state index contributed by atoms with van der Waals surface area (Å²) in [5.41, 5.74) is 2.07. The van der Waals surface area contributed by atoms with Gasteiger partial charge in [0.1, 0.15) is 23.1 Å². The van der Waals surface area contributed by atoms with E-state index in [0.717, 1.165) is 29.5 Å². The highest BCUT2D eigenvalue weighted by atomic mass is 32.1. The molecule has 1 heterocycles. The van der Waals surface area contributed by atoms with E-state index in [9.17, 15) is 0 Å². The van der Waals surface area contributed by atoms with Gasteiger partial charge in [-0.2, -0.15) is 0 Å². The maximum atomic E-state index is 5.69. The summed E-state index contributed by atoms with van der Waals surface area (Å²) in [5.74, 6) is 0.830. The van der Waals surface area contributed by atoms with Crippen LogP contribution in [0, 0.1) is 0 Å². The Labute approximate surface area is 116 Å². The molecule has 5 nitrogen and oxygen atoms in total. The summed E-state index contributed by atoms with van der Waals surface area (Å²) < 4.78 is 14.6. The zero-order chi connectivity index (χ0) is 13.5. The number of hydrogen-bond acceptors (Lipinski definition) is 6. The fourth-order valence-electron chi connectivity index (χ4n) is 1.62. The van der Waals surface area contributed by atoms with Crippen LogP contribution in [-0.2, 0) is 17.8 Å². The van der Waals surface area contributed by atoms with Crippen molar-refractivity contribution in [1.82, 2.24) is 9.59 Å². The van der Waals surface area contributed by atoms with Crippen LogP contribution >= 0.6 is 11.5 Å². The van der Waals surface area contributed by atoms with Crippen LogP contribution in [0.2, 0.25) is 0 Å². The maximum Gasteiger partial charge on any atom is 0.136 e. The Bertz CT molecular complexity index is 499. The molecule has 0 atom stereocenters. The predicted molar refractivity (Wildman–Crippen MR) is 75.8 cm³/mol. The van der Waals surface area contributed by atoms with Crippen LogP contribution in [0.1, 0.15) is 11.3 Å². The van der Waals surface area contributed by atoms with Crippen LogP contribution < -0.4 is 10.1 Å². The molecule has 0 spiro atoms. The van der Waals surface area contributed by atoms with E-state index in [-0.39, 0.29) is 0 Å². The highest BCUT2D eigenvalue weighted by Gasteiger charge is 2.06. The van der Waals surface area contributed by atoms with Crippen molar-refractivity contribution in [2.75, 3.05) is 26.1 Å². The Morgan fingerprint density at radius 1 is 1.26 bits per heavy atom. The average molecular weight is 279 g/mol. The van der Waals surface area contributed by atoms with E-state index in [1.807, 2.05) is 31.3 Å². The van der Waals surface area contributed by atoms with Crippen molar-refractivity contribution in [3.8, 4) is 5.75 Å². The van der Waals surface area contributed by atoms with Crippen LogP contribution in [0.3, 0.4) is 0 Å². The topological polar surface area (TPSA) is 56.3 Å². The van der Waals surface area contributed by atoms with Crippen LogP contribution in [0.25, 0.3) is 0 Å². The summed E-state index contributed by atoms with van der Waals surface area (Å²) in [6.07, 6.45) is 0.913. The van der Waals surface area contributed by atoms with Crippen molar-refractivity contribution < 1.29 is 9.47 Å². The fraction of sp³-hybridized carbons (Fsp3) is 0.385. The van der Waals surface area contributed by atoms with E-state index < -0.39 is 0 Å². The summed E-state index contributed by atoms with van der Waals surface area (Å²) in [7, 11) is 3.56. The standard InChI is InChI=1S/C13H17N3O2S/c1-14-13-12(15-16-19-13)9-18-11-5-3-10(4-6-11)7-8-17-2/h3-6,14H,7-9H2,1-2H3. The minimum Gasteiger partial charge on any atom is -0.487 e. The molecule has 0 saturated heterocycles. The summed E-state index contributed by atoms with van der Waals surface area (Å²) in [4.78, 5) is 0. The molecule has 2 aromatic rings. The largest absolute Gasteiger partial charge is 0.487 e. The highest BCUT2D eigenvalue weighted by molar-refractivity contribution is 7.10. The number of aromatic nitrogens is 2. The smallest absolute Gasteiger partial charge is 0.136 e. The Morgan fingerprint density at radius 3 is 2.74 bits per heavy atom. The lowest BCUT2D eigenvalue weighted by atomic mass is 10.1. The Hall–Kier alpha value is -1.66. The molecule has 0 saturated carbocycles. The molecule has 0 aliphatic carbocycles. The number of anilines is 1. The van der Waals surface area contributed by atoms with Gasteiger partial charge in [-0.1, -0.05) is 16.6 Å². The van der Waals surface area contributed by atoms with Crippen LogP contribution in [-0.4, -0.2) is 30.4 Å². The average Bonchev–Trinajstić information content (AvgIpc) is 2.91.